The van der Waals surface area contributed by atoms with Gasteiger partial charge >= 0.3 is 0 Å². The summed E-state index contributed by atoms with van der Waals surface area (Å²) in [5, 5.41) is 0. The largest absolute Gasteiger partial charge is 0.356 e. The molecule has 3 heterocycles. The minimum absolute atomic E-state index is 0.521. The number of imidazole rings is 1. The molecule has 0 N–H and O–H groups in total. The van der Waals surface area contributed by atoms with E-state index < -0.39 is 0 Å². The van der Waals surface area contributed by atoms with Crippen LogP contribution in [0, 0.1) is 0 Å². The zero-order valence-corrected chi connectivity index (χ0v) is 12.8. The molecule has 4 nitrogen and oxygen atoms in total. The van der Waals surface area contributed by atoms with Gasteiger partial charge in [0.05, 0.1) is 0 Å². The zero-order chi connectivity index (χ0) is 14.5. The van der Waals surface area contributed by atoms with E-state index in [2.05, 4.69) is 44.7 Å². The Hall–Kier alpha value is -1.84. The molecule has 1 aliphatic rings. The summed E-state index contributed by atoms with van der Waals surface area (Å²) >= 11 is 0. The quantitative estimate of drug-likeness (QED) is 0.843. The molecule has 0 bridgehead atoms. The van der Waals surface area contributed by atoms with E-state index in [0.717, 1.165) is 25.5 Å². The van der Waals surface area contributed by atoms with Crippen molar-refractivity contribution in [1.29, 1.82) is 0 Å². The van der Waals surface area contributed by atoms with Crippen LogP contribution in [-0.4, -0.2) is 27.6 Å². The highest BCUT2D eigenvalue weighted by atomic mass is 15.2. The van der Waals surface area contributed by atoms with Crippen molar-refractivity contribution in [1.82, 2.24) is 14.5 Å². The number of anilines is 1. The summed E-state index contributed by atoms with van der Waals surface area (Å²) in [6.45, 7) is 5.45. The third-order valence-electron chi connectivity index (χ3n) is 4.26. The Morgan fingerprint density at radius 2 is 2.19 bits per heavy atom. The highest BCUT2D eigenvalue weighted by Gasteiger charge is 2.25. The monoisotopic (exact) mass is 284 g/mol. The molecule has 21 heavy (non-hydrogen) atoms. The lowest BCUT2D eigenvalue weighted by Crippen LogP contribution is -2.35. The van der Waals surface area contributed by atoms with E-state index in [1.54, 1.807) is 0 Å². The molecule has 1 aliphatic heterocycles. The first-order valence-electron chi connectivity index (χ1n) is 8.05. The Balaban J connectivity index is 1.73. The first-order chi connectivity index (χ1) is 10.4. The fraction of sp³-hybridized carbons (Fsp3) is 0.529. The maximum atomic E-state index is 4.64. The van der Waals surface area contributed by atoms with Gasteiger partial charge in [0.1, 0.15) is 11.6 Å². The molecule has 3 rings (SSSR count). The summed E-state index contributed by atoms with van der Waals surface area (Å²) in [6, 6.07) is 6.14. The summed E-state index contributed by atoms with van der Waals surface area (Å²) < 4.78 is 2.34. The van der Waals surface area contributed by atoms with E-state index in [-0.39, 0.29) is 0 Å². The van der Waals surface area contributed by atoms with Gasteiger partial charge in [-0.2, -0.15) is 0 Å². The number of hydrogen-bond donors (Lipinski definition) is 0. The van der Waals surface area contributed by atoms with Gasteiger partial charge in [0, 0.05) is 44.1 Å². The van der Waals surface area contributed by atoms with Crippen molar-refractivity contribution in [3.8, 4) is 0 Å². The van der Waals surface area contributed by atoms with E-state index in [9.17, 15) is 0 Å². The van der Waals surface area contributed by atoms with Gasteiger partial charge in [-0.05, 0) is 31.4 Å². The van der Waals surface area contributed by atoms with Crippen LogP contribution in [0.25, 0.3) is 0 Å². The molecule has 1 fully saturated rings. The molecule has 0 spiro atoms. The first kappa shape index (κ1) is 14.1. The van der Waals surface area contributed by atoms with Gasteiger partial charge in [0.15, 0.2) is 0 Å². The van der Waals surface area contributed by atoms with Crippen LogP contribution in [0.3, 0.4) is 0 Å². The predicted molar refractivity (Wildman–Crippen MR) is 85.6 cm³/mol. The highest BCUT2D eigenvalue weighted by Crippen LogP contribution is 2.28. The van der Waals surface area contributed by atoms with Gasteiger partial charge in [-0.3, -0.25) is 0 Å². The smallest absolute Gasteiger partial charge is 0.128 e. The Bertz CT molecular complexity index is 549. The van der Waals surface area contributed by atoms with Crippen LogP contribution in [-0.2, 0) is 6.54 Å². The lowest BCUT2D eigenvalue weighted by molar-refractivity contribution is 0.464. The van der Waals surface area contributed by atoms with Gasteiger partial charge in [-0.15, -0.1) is 0 Å². The van der Waals surface area contributed by atoms with Crippen molar-refractivity contribution < 1.29 is 0 Å². The van der Waals surface area contributed by atoms with Crippen LogP contribution in [0.15, 0.2) is 36.8 Å². The standard InChI is InChI=1S/C17H24N4/c1-2-3-11-20-13-10-19-17(20)15-7-6-12-21(14-15)16-8-4-5-9-18-16/h4-5,8-10,13,15H,2-3,6-7,11-12,14H2,1H3/t15-/m0/s1. The lowest BCUT2D eigenvalue weighted by atomic mass is 9.97. The Kier molecular flexibility index (Phi) is 4.53. The number of aryl methyl sites for hydroxylation is 1. The van der Waals surface area contributed by atoms with Crippen LogP contribution in [0.1, 0.15) is 44.3 Å². The zero-order valence-electron chi connectivity index (χ0n) is 12.8. The summed E-state index contributed by atoms with van der Waals surface area (Å²) in [5.41, 5.74) is 0. The van der Waals surface area contributed by atoms with E-state index >= 15 is 0 Å². The fourth-order valence-electron chi connectivity index (χ4n) is 3.13. The normalized spacial score (nSPS) is 18.9. The lowest BCUT2D eigenvalue weighted by Gasteiger charge is -2.33. The maximum absolute atomic E-state index is 4.64. The van der Waals surface area contributed by atoms with Crippen molar-refractivity contribution >= 4 is 5.82 Å². The fourth-order valence-corrected chi connectivity index (χ4v) is 3.13. The second-order valence-electron chi connectivity index (χ2n) is 5.81. The molecule has 2 aromatic heterocycles. The molecule has 1 saturated heterocycles. The molecular weight excluding hydrogens is 260 g/mol. The van der Waals surface area contributed by atoms with Gasteiger partial charge in [-0.1, -0.05) is 19.4 Å². The van der Waals surface area contributed by atoms with Crippen LogP contribution >= 0.6 is 0 Å². The van der Waals surface area contributed by atoms with Crippen molar-refractivity contribution in [3.05, 3.63) is 42.6 Å². The van der Waals surface area contributed by atoms with E-state index in [1.165, 1.54) is 31.5 Å². The first-order valence-corrected chi connectivity index (χ1v) is 8.05. The number of pyridine rings is 1. The molecule has 0 aromatic carbocycles. The number of aromatic nitrogens is 3. The van der Waals surface area contributed by atoms with E-state index in [1.807, 2.05) is 18.5 Å². The minimum Gasteiger partial charge on any atom is -0.356 e. The molecular formula is C17H24N4. The van der Waals surface area contributed by atoms with Gasteiger partial charge in [0.2, 0.25) is 0 Å². The average Bonchev–Trinajstić information content (AvgIpc) is 3.02. The van der Waals surface area contributed by atoms with Crippen LogP contribution < -0.4 is 4.90 Å². The number of nitrogens with zero attached hydrogens (tertiary/aromatic N) is 4. The van der Waals surface area contributed by atoms with Gasteiger partial charge < -0.3 is 9.47 Å². The molecule has 0 radical (unpaired) electrons. The van der Waals surface area contributed by atoms with Gasteiger partial charge in [0.25, 0.3) is 0 Å². The van der Waals surface area contributed by atoms with Crippen molar-refractivity contribution in [2.45, 2.75) is 45.1 Å². The van der Waals surface area contributed by atoms with Crippen molar-refractivity contribution in [2.75, 3.05) is 18.0 Å². The minimum atomic E-state index is 0.521. The van der Waals surface area contributed by atoms with Crippen molar-refractivity contribution in [2.24, 2.45) is 0 Å². The Morgan fingerprint density at radius 3 is 3.00 bits per heavy atom. The molecule has 0 aliphatic carbocycles. The third kappa shape index (κ3) is 3.26. The molecule has 4 heteroatoms. The molecule has 112 valence electrons. The third-order valence-corrected chi connectivity index (χ3v) is 4.26. The number of unbranched alkanes of at least 4 members (excludes halogenated alkanes) is 1. The molecule has 2 aromatic rings. The topological polar surface area (TPSA) is 34.0 Å². The molecule has 0 unspecified atom stereocenters. The van der Waals surface area contributed by atoms with Crippen molar-refractivity contribution in [3.63, 3.8) is 0 Å². The predicted octanol–water partition coefficient (Wildman–Crippen LogP) is 3.46. The summed E-state index contributed by atoms with van der Waals surface area (Å²) in [6.07, 6.45) is 10.8. The maximum Gasteiger partial charge on any atom is 0.128 e. The second-order valence-corrected chi connectivity index (χ2v) is 5.81. The molecule has 0 saturated carbocycles. The van der Waals surface area contributed by atoms with Gasteiger partial charge in [-0.25, -0.2) is 9.97 Å². The van der Waals surface area contributed by atoms with E-state index in [0.29, 0.717) is 5.92 Å². The molecule has 0 amide bonds. The SMILES string of the molecule is CCCCn1ccnc1[C@H]1CCCN(c2ccccn2)C1. The number of piperidine rings is 1. The number of rotatable bonds is 5. The number of hydrogen-bond acceptors (Lipinski definition) is 3. The molecule has 1 atom stereocenters. The van der Waals surface area contributed by atoms with E-state index in [4.69, 9.17) is 0 Å². The Labute approximate surface area is 126 Å². The van der Waals surface area contributed by atoms with Crippen LogP contribution in [0.4, 0.5) is 5.82 Å². The highest BCUT2D eigenvalue weighted by molar-refractivity contribution is 5.39. The van der Waals surface area contributed by atoms with Crippen LogP contribution in [0.2, 0.25) is 0 Å². The summed E-state index contributed by atoms with van der Waals surface area (Å²) in [4.78, 5) is 11.5. The summed E-state index contributed by atoms with van der Waals surface area (Å²) in [7, 11) is 0. The van der Waals surface area contributed by atoms with Crippen LogP contribution in [0.5, 0.6) is 0 Å². The second kappa shape index (κ2) is 6.74. The Morgan fingerprint density at radius 1 is 1.24 bits per heavy atom. The summed E-state index contributed by atoms with van der Waals surface area (Å²) in [5.74, 6) is 2.87. The average molecular weight is 284 g/mol.